The molecular formula is C8H13NOS. The van der Waals surface area contributed by atoms with E-state index < -0.39 is 0 Å². The Bertz CT molecular complexity index is 206. The van der Waals surface area contributed by atoms with Crippen molar-refractivity contribution in [3.63, 3.8) is 0 Å². The maximum absolute atomic E-state index is 8.97. The molecule has 0 unspecified atom stereocenters. The summed E-state index contributed by atoms with van der Waals surface area (Å²) in [5, 5.41) is 12.0. The van der Waals surface area contributed by atoms with Gasteiger partial charge in [0.2, 0.25) is 0 Å². The van der Waals surface area contributed by atoms with Crippen molar-refractivity contribution in [2.75, 3.05) is 6.61 Å². The van der Waals surface area contributed by atoms with Gasteiger partial charge in [0.05, 0.1) is 5.01 Å². The Morgan fingerprint density at radius 3 is 2.82 bits per heavy atom. The van der Waals surface area contributed by atoms with E-state index in [-0.39, 0.29) is 12.0 Å². The molecule has 0 spiro atoms. The fourth-order valence-electron chi connectivity index (χ4n) is 0.806. The highest BCUT2D eigenvalue weighted by Gasteiger charge is 2.17. The molecule has 0 aliphatic rings. The zero-order valence-corrected chi connectivity index (χ0v) is 7.69. The lowest BCUT2D eigenvalue weighted by atomic mass is 9.91. The van der Waals surface area contributed by atoms with E-state index in [0.717, 1.165) is 11.4 Å². The third kappa shape index (κ3) is 2.60. The molecule has 2 nitrogen and oxygen atoms in total. The molecule has 0 atom stereocenters. The van der Waals surface area contributed by atoms with Gasteiger partial charge in [-0.1, -0.05) is 13.8 Å². The van der Waals surface area contributed by atoms with Crippen molar-refractivity contribution in [1.29, 1.82) is 0 Å². The molecule has 11 heavy (non-hydrogen) atoms. The average molecular weight is 171 g/mol. The van der Waals surface area contributed by atoms with Crippen LogP contribution in [-0.4, -0.2) is 16.7 Å². The van der Waals surface area contributed by atoms with Crippen LogP contribution >= 0.6 is 11.3 Å². The van der Waals surface area contributed by atoms with Crippen LogP contribution in [0.1, 0.15) is 18.9 Å². The zero-order chi connectivity index (χ0) is 8.32. The largest absolute Gasteiger partial charge is 0.396 e. The minimum Gasteiger partial charge on any atom is -0.396 e. The van der Waals surface area contributed by atoms with E-state index in [1.165, 1.54) is 0 Å². The van der Waals surface area contributed by atoms with Crippen molar-refractivity contribution in [2.45, 2.75) is 20.3 Å². The first-order chi connectivity index (χ1) is 5.14. The number of rotatable bonds is 3. The van der Waals surface area contributed by atoms with Crippen molar-refractivity contribution < 1.29 is 5.11 Å². The quantitative estimate of drug-likeness (QED) is 0.751. The summed E-state index contributed by atoms with van der Waals surface area (Å²) in [6.45, 7) is 4.29. The molecule has 0 aliphatic carbocycles. The number of aliphatic hydroxyl groups is 1. The van der Waals surface area contributed by atoms with Crippen LogP contribution < -0.4 is 0 Å². The van der Waals surface area contributed by atoms with Gasteiger partial charge in [-0.15, -0.1) is 11.3 Å². The van der Waals surface area contributed by atoms with Crippen LogP contribution in [0.5, 0.6) is 0 Å². The number of aromatic nitrogens is 1. The Balaban J connectivity index is 2.56. The van der Waals surface area contributed by atoms with Gasteiger partial charge in [0.25, 0.3) is 0 Å². The molecular weight excluding hydrogens is 158 g/mol. The molecule has 62 valence electrons. The van der Waals surface area contributed by atoms with E-state index >= 15 is 0 Å². The summed E-state index contributed by atoms with van der Waals surface area (Å²) >= 11 is 1.64. The van der Waals surface area contributed by atoms with E-state index in [9.17, 15) is 0 Å². The standard InChI is InChI=1S/C8H13NOS/c1-8(2,6-10)5-7-9-3-4-11-7/h3-4,10H,5-6H2,1-2H3. The molecule has 0 radical (unpaired) electrons. The van der Waals surface area contributed by atoms with E-state index in [2.05, 4.69) is 4.98 Å². The molecule has 0 aromatic carbocycles. The summed E-state index contributed by atoms with van der Waals surface area (Å²) in [5.41, 5.74) is -0.0299. The molecule has 0 amide bonds. The molecule has 1 heterocycles. The predicted molar refractivity (Wildman–Crippen MR) is 46.7 cm³/mol. The summed E-state index contributed by atoms with van der Waals surface area (Å²) in [7, 11) is 0. The van der Waals surface area contributed by atoms with Crippen LogP contribution in [0.2, 0.25) is 0 Å². The maximum Gasteiger partial charge on any atom is 0.0931 e. The monoisotopic (exact) mass is 171 g/mol. The van der Waals surface area contributed by atoms with Crippen LogP contribution in [0.4, 0.5) is 0 Å². The number of hydrogen-bond acceptors (Lipinski definition) is 3. The molecule has 0 bridgehead atoms. The molecule has 1 N–H and O–H groups in total. The Kier molecular flexibility index (Phi) is 2.62. The highest BCUT2D eigenvalue weighted by Crippen LogP contribution is 2.21. The van der Waals surface area contributed by atoms with Crippen LogP contribution in [-0.2, 0) is 6.42 Å². The van der Waals surface area contributed by atoms with Crippen molar-refractivity contribution in [3.8, 4) is 0 Å². The second-order valence-corrected chi connectivity index (χ2v) is 4.40. The van der Waals surface area contributed by atoms with Gasteiger partial charge >= 0.3 is 0 Å². The average Bonchev–Trinajstić information content (AvgIpc) is 2.39. The van der Waals surface area contributed by atoms with E-state index in [1.54, 1.807) is 17.5 Å². The Morgan fingerprint density at radius 2 is 2.36 bits per heavy atom. The fraction of sp³-hybridized carbons (Fsp3) is 0.625. The fourth-order valence-corrected chi connectivity index (χ4v) is 1.68. The van der Waals surface area contributed by atoms with Gasteiger partial charge < -0.3 is 5.11 Å². The molecule has 1 rings (SSSR count). The highest BCUT2D eigenvalue weighted by molar-refractivity contribution is 7.09. The van der Waals surface area contributed by atoms with Crippen LogP contribution in [0, 0.1) is 5.41 Å². The lowest BCUT2D eigenvalue weighted by molar-refractivity contribution is 0.159. The topological polar surface area (TPSA) is 33.1 Å². The predicted octanol–water partition coefficient (Wildman–Crippen LogP) is 1.70. The summed E-state index contributed by atoms with van der Waals surface area (Å²) in [6.07, 6.45) is 2.66. The van der Waals surface area contributed by atoms with Gasteiger partial charge in [-0.3, -0.25) is 0 Å². The van der Waals surface area contributed by atoms with Gasteiger partial charge in [0.15, 0.2) is 0 Å². The number of hydrogen-bond donors (Lipinski definition) is 1. The van der Waals surface area contributed by atoms with E-state index in [0.29, 0.717) is 0 Å². The van der Waals surface area contributed by atoms with Gasteiger partial charge in [-0.05, 0) is 5.41 Å². The summed E-state index contributed by atoms with van der Waals surface area (Å²) in [5.74, 6) is 0. The van der Waals surface area contributed by atoms with Gasteiger partial charge in [0.1, 0.15) is 0 Å². The van der Waals surface area contributed by atoms with E-state index in [1.807, 2.05) is 19.2 Å². The molecule has 1 aromatic heterocycles. The minimum atomic E-state index is -0.0299. The van der Waals surface area contributed by atoms with Gasteiger partial charge in [-0.2, -0.15) is 0 Å². The number of thiazole rings is 1. The number of aliphatic hydroxyl groups excluding tert-OH is 1. The van der Waals surface area contributed by atoms with Crippen molar-refractivity contribution >= 4 is 11.3 Å². The maximum atomic E-state index is 8.97. The second-order valence-electron chi connectivity index (χ2n) is 3.42. The lowest BCUT2D eigenvalue weighted by Gasteiger charge is -2.19. The molecule has 0 aliphatic heterocycles. The highest BCUT2D eigenvalue weighted by atomic mass is 32.1. The van der Waals surface area contributed by atoms with Crippen molar-refractivity contribution in [3.05, 3.63) is 16.6 Å². The molecule has 3 heteroatoms. The van der Waals surface area contributed by atoms with Crippen LogP contribution in [0.15, 0.2) is 11.6 Å². The van der Waals surface area contributed by atoms with Crippen LogP contribution in [0.25, 0.3) is 0 Å². The van der Waals surface area contributed by atoms with E-state index in [4.69, 9.17) is 5.11 Å². The zero-order valence-electron chi connectivity index (χ0n) is 6.87. The smallest absolute Gasteiger partial charge is 0.0931 e. The van der Waals surface area contributed by atoms with Gasteiger partial charge in [0, 0.05) is 24.6 Å². The minimum absolute atomic E-state index is 0.0299. The molecule has 0 saturated carbocycles. The summed E-state index contributed by atoms with van der Waals surface area (Å²) < 4.78 is 0. The molecule has 0 saturated heterocycles. The SMILES string of the molecule is CC(C)(CO)Cc1nccs1. The summed E-state index contributed by atoms with van der Waals surface area (Å²) in [6, 6.07) is 0. The lowest BCUT2D eigenvalue weighted by Crippen LogP contribution is -2.19. The second kappa shape index (κ2) is 3.32. The Morgan fingerprint density at radius 1 is 1.64 bits per heavy atom. The van der Waals surface area contributed by atoms with Crippen molar-refractivity contribution in [2.24, 2.45) is 5.41 Å². The first-order valence-electron chi connectivity index (χ1n) is 3.63. The Hall–Kier alpha value is -0.410. The Labute approximate surface area is 70.9 Å². The van der Waals surface area contributed by atoms with Gasteiger partial charge in [-0.25, -0.2) is 4.98 Å². The first-order valence-corrected chi connectivity index (χ1v) is 4.51. The summed E-state index contributed by atoms with van der Waals surface area (Å²) in [4.78, 5) is 4.16. The third-order valence-corrected chi connectivity index (χ3v) is 2.32. The number of nitrogens with zero attached hydrogens (tertiary/aromatic N) is 1. The third-order valence-electron chi connectivity index (χ3n) is 1.54. The normalized spacial score (nSPS) is 11.9. The van der Waals surface area contributed by atoms with Crippen molar-refractivity contribution in [1.82, 2.24) is 4.98 Å². The molecule has 1 aromatic rings. The first kappa shape index (κ1) is 8.68. The molecule has 0 fully saturated rings. The van der Waals surface area contributed by atoms with Crippen LogP contribution in [0.3, 0.4) is 0 Å².